The molecule has 0 spiro atoms. The minimum atomic E-state index is 0.920. The lowest BCUT2D eigenvalue weighted by Gasteiger charge is -2.25. The molecule has 0 saturated carbocycles. The number of para-hydroxylation sites is 2. The van der Waals surface area contributed by atoms with Crippen LogP contribution in [0.4, 0.5) is 17.1 Å². The lowest BCUT2D eigenvalue weighted by Crippen LogP contribution is -2.09. The maximum absolute atomic E-state index is 6.04. The summed E-state index contributed by atoms with van der Waals surface area (Å²) in [5.74, 6) is 0. The number of anilines is 3. The molecule has 2 nitrogen and oxygen atoms in total. The molecule has 8 aromatic rings. The molecular weight excluding hydrogens is 494 g/mol. The van der Waals surface area contributed by atoms with Gasteiger partial charge in [0.05, 0.1) is 0 Å². The van der Waals surface area contributed by atoms with E-state index in [0.717, 1.165) is 39.0 Å². The second-order valence-corrected chi connectivity index (χ2v) is 10.9. The van der Waals surface area contributed by atoms with Crippen LogP contribution >= 0.6 is 11.3 Å². The fraction of sp³-hybridized carbons (Fsp3) is 0. The first-order valence-electron chi connectivity index (χ1n) is 13.1. The van der Waals surface area contributed by atoms with Crippen molar-refractivity contribution in [1.82, 2.24) is 0 Å². The zero-order valence-electron chi connectivity index (χ0n) is 21.0. The van der Waals surface area contributed by atoms with Gasteiger partial charge in [0.1, 0.15) is 11.2 Å². The highest BCUT2D eigenvalue weighted by atomic mass is 32.1. The summed E-state index contributed by atoms with van der Waals surface area (Å²) < 4.78 is 8.66. The van der Waals surface area contributed by atoms with E-state index in [0.29, 0.717) is 0 Å². The normalized spacial score (nSPS) is 11.6. The van der Waals surface area contributed by atoms with Crippen molar-refractivity contribution in [3.05, 3.63) is 140 Å². The van der Waals surface area contributed by atoms with Crippen molar-refractivity contribution in [3.63, 3.8) is 0 Å². The SMILES string of the molecule is c1ccc(N(c2ccc(-c3ccc4oc5ccccc5c4c3)cc2)c2ccc3c(c2)sc2ccccc23)cc1. The first-order chi connectivity index (χ1) is 19.3. The third kappa shape index (κ3) is 3.70. The van der Waals surface area contributed by atoms with Crippen molar-refractivity contribution in [2.45, 2.75) is 0 Å². The van der Waals surface area contributed by atoms with Crippen LogP contribution < -0.4 is 4.90 Å². The number of rotatable bonds is 4. The monoisotopic (exact) mass is 517 g/mol. The zero-order valence-corrected chi connectivity index (χ0v) is 21.9. The number of nitrogens with zero attached hydrogens (tertiary/aromatic N) is 1. The minimum Gasteiger partial charge on any atom is -0.456 e. The standard InChI is InChI=1S/C36H23NOS/c1-2-8-26(9-3-1)37(28-19-20-31-30-11-5-7-13-35(30)39-36(31)23-28)27-17-14-24(15-18-27)25-16-21-34-32(22-25)29-10-4-6-12-33(29)38-34/h1-23H. The van der Waals surface area contributed by atoms with Gasteiger partial charge in [-0.15, -0.1) is 11.3 Å². The van der Waals surface area contributed by atoms with Crippen molar-refractivity contribution in [1.29, 1.82) is 0 Å². The van der Waals surface area contributed by atoms with Crippen molar-refractivity contribution in [2.75, 3.05) is 4.90 Å². The van der Waals surface area contributed by atoms with Crippen LogP contribution in [0.5, 0.6) is 0 Å². The molecule has 0 aliphatic carbocycles. The highest BCUT2D eigenvalue weighted by Crippen LogP contribution is 2.41. The van der Waals surface area contributed by atoms with Gasteiger partial charge in [0.25, 0.3) is 0 Å². The van der Waals surface area contributed by atoms with E-state index < -0.39 is 0 Å². The van der Waals surface area contributed by atoms with E-state index in [1.54, 1.807) is 0 Å². The van der Waals surface area contributed by atoms with Gasteiger partial charge < -0.3 is 9.32 Å². The Morgan fingerprint density at radius 2 is 1.05 bits per heavy atom. The molecule has 0 unspecified atom stereocenters. The van der Waals surface area contributed by atoms with Gasteiger partial charge in [-0.05, 0) is 71.8 Å². The predicted octanol–water partition coefficient (Wildman–Crippen LogP) is 11.1. The summed E-state index contributed by atoms with van der Waals surface area (Å²) in [4.78, 5) is 2.33. The fourth-order valence-electron chi connectivity index (χ4n) is 5.59. The Morgan fingerprint density at radius 3 is 1.92 bits per heavy atom. The van der Waals surface area contributed by atoms with E-state index >= 15 is 0 Å². The van der Waals surface area contributed by atoms with Gasteiger partial charge in [-0.25, -0.2) is 0 Å². The Morgan fingerprint density at radius 1 is 0.410 bits per heavy atom. The van der Waals surface area contributed by atoms with Crippen LogP contribution in [0.3, 0.4) is 0 Å². The summed E-state index contributed by atoms with van der Waals surface area (Å²) in [6.45, 7) is 0. The Labute approximate surface area is 230 Å². The van der Waals surface area contributed by atoms with Gasteiger partial charge >= 0.3 is 0 Å². The van der Waals surface area contributed by atoms with Gasteiger partial charge in [0.2, 0.25) is 0 Å². The Hall–Kier alpha value is -4.86. The lowest BCUT2D eigenvalue weighted by atomic mass is 10.0. The van der Waals surface area contributed by atoms with E-state index in [4.69, 9.17) is 4.42 Å². The van der Waals surface area contributed by atoms with Gasteiger partial charge in [0, 0.05) is 48.0 Å². The molecule has 8 rings (SSSR count). The highest BCUT2D eigenvalue weighted by molar-refractivity contribution is 7.25. The topological polar surface area (TPSA) is 16.4 Å². The molecule has 6 aromatic carbocycles. The van der Waals surface area contributed by atoms with Crippen molar-refractivity contribution < 1.29 is 4.42 Å². The number of hydrogen-bond acceptors (Lipinski definition) is 3. The third-order valence-corrected chi connectivity index (χ3v) is 8.60. The molecule has 0 N–H and O–H groups in total. The van der Waals surface area contributed by atoms with Gasteiger partial charge in [0.15, 0.2) is 0 Å². The van der Waals surface area contributed by atoms with Crippen LogP contribution in [0.1, 0.15) is 0 Å². The number of hydrogen-bond donors (Lipinski definition) is 0. The number of thiophene rings is 1. The van der Waals surface area contributed by atoms with E-state index in [-0.39, 0.29) is 0 Å². The second kappa shape index (κ2) is 8.87. The molecule has 0 saturated heterocycles. The zero-order chi connectivity index (χ0) is 25.8. The van der Waals surface area contributed by atoms with Crippen LogP contribution in [0.25, 0.3) is 53.2 Å². The molecule has 0 fully saturated rings. The molecular formula is C36H23NOS. The van der Waals surface area contributed by atoms with Crippen molar-refractivity contribution in [2.24, 2.45) is 0 Å². The Balaban J connectivity index is 1.22. The van der Waals surface area contributed by atoms with Crippen LogP contribution in [0.2, 0.25) is 0 Å². The molecule has 184 valence electrons. The first-order valence-corrected chi connectivity index (χ1v) is 13.9. The largest absolute Gasteiger partial charge is 0.456 e. The van der Waals surface area contributed by atoms with Crippen LogP contribution in [0.15, 0.2) is 144 Å². The first kappa shape index (κ1) is 22.2. The lowest BCUT2D eigenvalue weighted by molar-refractivity contribution is 0.669. The summed E-state index contributed by atoms with van der Waals surface area (Å²) in [6.07, 6.45) is 0. The predicted molar refractivity (Wildman–Crippen MR) is 167 cm³/mol. The molecule has 0 radical (unpaired) electrons. The molecule has 0 bridgehead atoms. The molecule has 3 heteroatoms. The maximum atomic E-state index is 6.04. The molecule has 0 aliphatic heterocycles. The van der Waals surface area contributed by atoms with E-state index in [2.05, 4.69) is 132 Å². The quantitative estimate of drug-likeness (QED) is 0.231. The smallest absolute Gasteiger partial charge is 0.135 e. The number of fused-ring (bicyclic) bond motifs is 6. The summed E-state index contributed by atoms with van der Waals surface area (Å²) in [5, 5.41) is 4.93. The third-order valence-electron chi connectivity index (χ3n) is 7.47. The number of benzene rings is 6. The average molecular weight is 518 g/mol. The Kier molecular flexibility index (Phi) is 5.04. The molecule has 2 heterocycles. The molecule has 0 atom stereocenters. The van der Waals surface area contributed by atoms with E-state index in [9.17, 15) is 0 Å². The summed E-state index contributed by atoms with van der Waals surface area (Å²) >= 11 is 1.85. The number of furan rings is 1. The van der Waals surface area contributed by atoms with Crippen molar-refractivity contribution in [3.8, 4) is 11.1 Å². The van der Waals surface area contributed by atoms with E-state index in [1.165, 1.54) is 31.3 Å². The summed E-state index contributed by atoms with van der Waals surface area (Å²) in [5.41, 5.74) is 7.62. The maximum Gasteiger partial charge on any atom is 0.135 e. The van der Waals surface area contributed by atoms with Gasteiger partial charge in [-0.2, -0.15) is 0 Å². The van der Waals surface area contributed by atoms with Crippen molar-refractivity contribution >= 4 is 70.5 Å². The fourth-order valence-corrected chi connectivity index (χ4v) is 6.73. The van der Waals surface area contributed by atoms with Gasteiger partial charge in [-0.1, -0.05) is 78.9 Å². The van der Waals surface area contributed by atoms with Crippen LogP contribution in [-0.4, -0.2) is 0 Å². The average Bonchev–Trinajstić information content (AvgIpc) is 3.56. The molecule has 39 heavy (non-hydrogen) atoms. The van der Waals surface area contributed by atoms with Crippen LogP contribution in [-0.2, 0) is 0 Å². The highest BCUT2D eigenvalue weighted by Gasteiger charge is 2.15. The van der Waals surface area contributed by atoms with Crippen LogP contribution in [0, 0.1) is 0 Å². The summed E-state index contributed by atoms with van der Waals surface area (Å²) in [6, 6.07) is 49.6. The molecule has 2 aromatic heterocycles. The minimum absolute atomic E-state index is 0.920. The second-order valence-electron chi connectivity index (χ2n) is 9.81. The molecule has 0 aliphatic rings. The van der Waals surface area contributed by atoms with Gasteiger partial charge in [-0.3, -0.25) is 0 Å². The summed E-state index contributed by atoms with van der Waals surface area (Å²) in [7, 11) is 0. The Bertz CT molecular complexity index is 2120. The van der Waals surface area contributed by atoms with E-state index in [1.807, 2.05) is 23.5 Å². The molecule has 0 amide bonds.